The van der Waals surface area contributed by atoms with E-state index < -0.39 is 25.7 Å². The first kappa shape index (κ1) is 17.5. The average molecular weight is 323 g/mol. The molecule has 1 fully saturated rings. The smallest absolute Gasteiger partial charge is 0.329 e. The van der Waals surface area contributed by atoms with Gasteiger partial charge in [0.15, 0.2) is 0 Å². The molecule has 0 saturated carbocycles. The van der Waals surface area contributed by atoms with E-state index >= 15 is 0 Å². The summed E-state index contributed by atoms with van der Waals surface area (Å²) in [6, 6.07) is 0. The van der Waals surface area contributed by atoms with Crippen LogP contribution in [0.5, 0.6) is 0 Å². The van der Waals surface area contributed by atoms with E-state index in [1.165, 1.54) is 0 Å². The summed E-state index contributed by atoms with van der Waals surface area (Å²) in [6.45, 7) is 18.5. The third kappa shape index (κ3) is 5.07. The van der Waals surface area contributed by atoms with E-state index in [0.29, 0.717) is 24.7 Å². The summed E-state index contributed by atoms with van der Waals surface area (Å²) in [5.74, 6) is 0.549. The Morgan fingerprint density at radius 3 is 1.79 bits per heavy atom. The third-order valence-electron chi connectivity index (χ3n) is 3.69. The van der Waals surface area contributed by atoms with Crippen LogP contribution in [0.2, 0.25) is 38.3 Å². The van der Waals surface area contributed by atoms with Crippen LogP contribution in [-0.2, 0) is 17.1 Å². The second-order valence-electron chi connectivity index (χ2n) is 6.75. The first-order chi connectivity index (χ1) is 8.48. The van der Waals surface area contributed by atoms with Gasteiger partial charge in [-0.05, 0) is 38.7 Å². The first-order valence-corrected chi connectivity index (χ1v) is 15.2. The summed E-state index contributed by atoms with van der Waals surface area (Å²) in [5, 5.41) is 0. The summed E-state index contributed by atoms with van der Waals surface area (Å²) in [5.41, 5.74) is 0.436. The van der Waals surface area contributed by atoms with Gasteiger partial charge in [-0.3, -0.25) is 0 Å². The van der Waals surface area contributed by atoms with Crippen molar-refractivity contribution in [3.63, 3.8) is 0 Å². The summed E-state index contributed by atoms with van der Waals surface area (Å²) in [6.07, 6.45) is 0. The van der Waals surface area contributed by atoms with E-state index in [1.54, 1.807) is 0 Å². The molecule has 0 aromatic rings. The second kappa shape index (κ2) is 6.08. The molecule has 0 amide bonds. The van der Waals surface area contributed by atoms with Gasteiger partial charge in [0, 0.05) is 5.54 Å². The molecule has 1 aliphatic heterocycles. The molecule has 0 radical (unpaired) electrons. The van der Waals surface area contributed by atoms with Crippen LogP contribution in [0.3, 0.4) is 0 Å². The molecule has 1 rings (SSSR count). The van der Waals surface area contributed by atoms with Gasteiger partial charge in [0.1, 0.15) is 0 Å². The van der Waals surface area contributed by atoms with Crippen LogP contribution in [0.4, 0.5) is 0 Å². The van der Waals surface area contributed by atoms with E-state index in [2.05, 4.69) is 53.5 Å². The van der Waals surface area contributed by atoms with Crippen molar-refractivity contribution in [2.45, 2.75) is 59.0 Å². The zero-order chi connectivity index (χ0) is 14.9. The maximum absolute atomic E-state index is 6.49. The Bertz CT molecular complexity index is 309. The van der Waals surface area contributed by atoms with Crippen LogP contribution >= 0.6 is 0 Å². The Kier molecular flexibility index (Phi) is 5.62. The lowest BCUT2D eigenvalue weighted by Crippen LogP contribution is -2.56. The largest absolute Gasteiger partial charge is 0.415 e. The minimum absolute atomic E-state index is 0.436. The fourth-order valence-electron chi connectivity index (χ4n) is 2.52. The molecule has 7 heteroatoms. The van der Waals surface area contributed by atoms with Crippen molar-refractivity contribution < 1.29 is 17.1 Å². The van der Waals surface area contributed by atoms with Gasteiger partial charge in [0.05, 0.1) is 13.2 Å². The van der Waals surface area contributed by atoms with E-state index in [0.717, 1.165) is 0 Å². The molecule has 2 atom stereocenters. The predicted octanol–water partition coefficient (Wildman–Crippen LogP) is 3.59. The van der Waals surface area contributed by atoms with Crippen LogP contribution < -0.4 is 0 Å². The van der Waals surface area contributed by atoms with Crippen molar-refractivity contribution in [3.05, 3.63) is 0 Å². The molecule has 1 aliphatic rings. The molecule has 0 N–H and O–H groups in total. The molecular weight excluding hydrogens is 292 g/mol. The molecule has 114 valence electrons. The standard InChI is InChI=1S/C12H30O4Si3/c1-11(2)12(3)19(8)14-10-9-13-17(4,5)15-18(6,7)16-19/h11-12H,9-10H2,1-8H3. The summed E-state index contributed by atoms with van der Waals surface area (Å²) in [4.78, 5) is 0. The van der Waals surface area contributed by atoms with Crippen LogP contribution in [0.25, 0.3) is 0 Å². The maximum Gasteiger partial charge on any atom is 0.329 e. The highest BCUT2D eigenvalue weighted by atomic mass is 28.5. The molecule has 0 aromatic heterocycles. The SMILES string of the molecule is CC(C)C(C)[Si]1(C)OCCO[Si](C)(C)O[Si](C)(C)O1. The number of hydrogen-bond acceptors (Lipinski definition) is 4. The normalized spacial score (nSPS) is 33.3. The minimum Gasteiger partial charge on any atom is -0.415 e. The molecule has 0 aliphatic carbocycles. The molecule has 1 heterocycles. The Labute approximate surface area is 121 Å². The second-order valence-corrected chi connectivity index (χ2v) is 17.5. The lowest BCUT2D eigenvalue weighted by molar-refractivity contribution is 0.170. The van der Waals surface area contributed by atoms with Crippen LogP contribution in [0, 0.1) is 5.92 Å². The first-order valence-electron chi connectivity index (χ1n) is 7.16. The zero-order valence-corrected chi connectivity index (χ0v) is 16.7. The molecule has 2 unspecified atom stereocenters. The zero-order valence-electron chi connectivity index (χ0n) is 13.7. The highest BCUT2D eigenvalue weighted by molar-refractivity contribution is 6.85. The summed E-state index contributed by atoms with van der Waals surface area (Å²) in [7, 11) is -6.53. The van der Waals surface area contributed by atoms with E-state index in [4.69, 9.17) is 17.1 Å². The fraction of sp³-hybridized carbons (Fsp3) is 1.00. The van der Waals surface area contributed by atoms with Gasteiger partial charge in [-0.2, -0.15) is 0 Å². The highest BCUT2D eigenvalue weighted by Gasteiger charge is 2.48. The number of rotatable bonds is 2. The van der Waals surface area contributed by atoms with Gasteiger partial charge in [-0.25, -0.2) is 0 Å². The molecule has 0 spiro atoms. The summed E-state index contributed by atoms with van der Waals surface area (Å²) < 4.78 is 24.8. The Balaban J connectivity index is 2.96. The Morgan fingerprint density at radius 2 is 1.26 bits per heavy atom. The fourth-order valence-corrected chi connectivity index (χ4v) is 15.5. The van der Waals surface area contributed by atoms with Gasteiger partial charge in [0.2, 0.25) is 0 Å². The summed E-state index contributed by atoms with van der Waals surface area (Å²) >= 11 is 0. The molecule has 19 heavy (non-hydrogen) atoms. The molecule has 0 bridgehead atoms. The highest BCUT2D eigenvalue weighted by Crippen LogP contribution is 2.35. The van der Waals surface area contributed by atoms with Crippen molar-refractivity contribution in [1.82, 2.24) is 0 Å². The molecule has 1 saturated heterocycles. The monoisotopic (exact) mass is 322 g/mol. The van der Waals surface area contributed by atoms with Crippen molar-refractivity contribution in [2.24, 2.45) is 5.92 Å². The van der Waals surface area contributed by atoms with Crippen molar-refractivity contribution >= 4 is 25.7 Å². The Hall–Kier alpha value is 0.491. The molecule has 4 nitrogen and oxygen atoms in total. The lowest BCUT2D eigenvalue weighted by atomic mass is 10.1. The van der Waals surface area contributed by atoms with E-state index in [1.807, 2.05) is 0 Å². The quantitative estimate of drug-likeness (QED) is 0.728. The van der Waals surface area contributed by atoms with Crippen LogP contribution in [0.15, 0.2) is 0 Å². The van der Waals surface area contributed by atoms with Crippen molar-refractivity contribution in [2.75, 3.05) is 13.2 Å². The van der Waals surface area contributed by atoms with E-state index in [-0.39, 0.29) is 0 Å². The number of hydrogen-bond donors (Lipinski definition) is 0. The topological polar surface area (TPSA) is 36.9 Å². The van der Waals surface area contributed by atoms with Crippen molar-refractivity contribution in [1.29, 1.82) is 0 Å². The van der Waals surface area contributed by atoms with Gasteiger partial charge in [0.25, 0.3) is 0 Å². The van der Waals surface area contributed by atoms with Crippen molar-refractivity contribution in [3.8, 4) is 0 Å². The van der Waals surface area contributed by atoms with Gasteiger partial charge >= 0.3 is 25.7 Å². The van der Waals surface area contributed by atoms with Gasteiger partial charge < -0.3 is 17.1 Å². The van der Waals surface area contributed by atoms with Gasteiger partial charge in [-0.1, -0.05) is 20.8 Å². The van der Waals surface area contributed by atoms with Crippen LogP contribution in [-0.4, -0.2) is 38.9 Å². The van der Waals surface area contributed by atoms with Crippen LogP contribution in [0.1, 0.15) is 20.8 Å². The lowest BCUT2D eigenvalue weighted by Gasteiger charge is -2.40. The van der Waals surface area contributed by atoms with E-state index in [9.17, 15) is 0 Å². The maximum atomic E-state index is 6.49. The molecule has 0 aromatic carbocycles. The molecular formula is C12H30O4Si3. The third-order valence-corrected chi connectivity index (χ3v) is 15.2. The predicted molar refractivity (Wildman–Crippen MR) is 84.9 cm³/mol. The van der Waals surface area contributed by atoms with Gasteiger partial charge in [-0.15, -0.1) is 0 Å². The average Bonchev–Trinajstić information content (AvgIpc) is 2.23. The Morgan fingerprint density at radius 1 is 0.737 bits per heavy atom. The minimum atomic E-state index is -2.24.